The number of hydrogen-bond donors (Lipinski definition) is 4. The van der Waals surface area contributed by atoms with E-state index < -0.39 is 34.8 Å². The van der Waals surface area contributed by atoms with Gasteiger partial charge in [0.1, 0.15) is 11.5 Å². The number of carbonyl (C=O) groups excluding carboxylic acids is 2. The van der Waals surface area contributed by atoms with Crippen LogP contribution in [0.1, 0.15) is 47.4 Å². The molecule has 1 aromatic carbocycles. The number of phenols is 2. The van der Waals surface area contributed by atoms with Gasteiger partial charge < -0.3 is 20.4 Å². The van der Waals surface area contributed by atoms with Crippen LogP contribution in [0.5, 0.6) is 11.5 Å². The van der Waals surface area contributed by atoms with E-state index in [1.54, 1.807) is 13.8 Å². The summed E-state index contributed by atoms with van der Waals surface area (Å²) in [7, 11) is 0. The van der Waals surface area contributed by atoms with Gasteiger partial charge in [-0.2, -0.15) is 0 Å². The quantitative estimate of drug-likeness (QED) is 0.624. The van der Waals surface area contributed by atoms with Crippen molar-refractivity contribution in [1.82, 2.24) is 0 Å². The predicted octanol–water partition coefficient (Wildman–Crippen LogP) is 1.32. The van der Waals surface area contributed by atoms with Gasteiger partial charge in [0.2, 0.25) is 0 Å². The smallest absolute Gasteiger partial charge is 0.196 e. The molecule has 118 valence electrons. The van der Waals surface area contributed by atoms with Gasteiger partial charge in [-0.05, 0) is 44.9 Å². The average Bonchev–Trinajstić information content (AvgIpc) is 2.41. The first-order valence-electron chi connectivity index (χ1n) is 6.88. The summed E-state index contributed by atoms with van der Waals surface area (Å²) in [5.41, 5.74) is -1.72. The lowest BCUT2D eigenvalue weighted by atomic mass is 9.84. The van der Waals surface area contributed by atoms with E-state index in [0.717, 1.165) is 18.2 Å². The Balaban J connectivity index is 2.36. The Morgan fingerprint density at radius 3 is 2.18 bits per heavy atom. The molecule has 1 aliphatic carbocycles. The molecular weight excluding hydrogens is 288 g/mol. The molecule has 0 fully saturated rings. The number of ketones is 2. The minimum Gasteiger partial charge on any atom is -0.507 e. The van der Waals surface area contributed by atoms with E-state index in [0.29, 0.717) is 0 Å². The second kappa shape index (κ2) is 5.55. The summed E-state index contributed by atoms with van der Waals surface area (Å²) in [6.45, 7) is 3.14. The van der Waals surface area contributed by atoms with E-state index in [1.165, 1.54) is 0 Å². The van der Waals surface area contributed by atoms with Crippen LogP contribution in [0.15, 0.2) is 23.8 Å². The Morgan fingerprint density at radius 2 is 1.64 bits per heavy atom. The molecule has 0 spiro atoms. The average molecular weight is 306 g/mol. The highest BCUT2D eigenvalue weighted by Crippen LogP contribution is 2.36. The van der Waals surface area contributed by atoms with Gasteiger partial charge in [-0.3, -0.25) is 9.59 Å². The zero-order valence-corrected chi connectivity index (χ0v) is 12.3. The predicted molar refractivity (Wildman–Crippen MR) is 78.1 cm³/mol. The van der Waals surface area contributed by atoms with Crippen molar-refractivity contribution in [2.45, 2.75) is 38.4 Å². The Morgan fingerprint density at radius 1 is 1.09 bits per heavy atom. The van der Waals surface area contributed by atoms with Crippen molar-refractivity contribution < 1.29 is 30.0 Å². The monoisotopic (exact) mass is 306 g/mol. The van der Waals surface area contributed by atoms with Crippen molar-refractivity contribution in [3.63, 3.8) is 0 Å². The lowest BCUT2D eigenvalue weighted by Crippen LogP contribution is -2.28. The lowest BCUT2D eigenvalue weighted by molar-refractivity contribution is 0.0531. The van der Waals surface area contributed by atoms with Gasteiger partial charge in [0, 0.05) is 5.57 Å². The summed E-state index contributed by atoms with van der Waals surface area (Å²) >= 11 is 0. The Hall–Kier alpha value is -2.18. The van der Waals surface area contributed by atoms with Crippen molar-refractivity contribution in [1.29, 1.82) is 0 Å². The molecule has 0 amide bonds. The van der Waals surface area contributed by atoms with Crippen LogP contribution in [-0.4, -0.2) is 43.7 Å². The lowest BCUT2D eigenvalue weighted by Gasteiger charge is -2.23. The third-order valence-corrected chi connectivity index (χ3v) is 3.57. The molecule has 6 heteroatoms. The second-order valence-electron chi connectivity index (χ2n) is 6.01. The maximum Gasteiger partial charge on any atom is 0.196 e. The molecule has 0 saturated carbocycles. The van der Waals surface area contributed by atoms with Crippen LogP contribution in [-0.2, 0) is 0 Å². The SMILES string of the molecule is CC(C)(O)CCC(O)C1=CC(=O)c2c(O)ccc(O)c2C1=O. The molecule has 0 aromatic heterocycles. The molecule has 1 aliphatic rings. The van der Waals surface area contributed by atoms with Crippen molar-refractivity contribution in [2.75, 3.05) is 0 Å². The number of Topliss-reactive ketones (excluding diaryl/α,β-unsaturated/α-hetero) is 1. The minimum absolute atomic E-state index is 0.0866. The van der Waals surface area contributed by atoms with Crippen LogP contribution in [0.3, 0.4) is 0 Å². The molecule has 0 aliphatic heterocycles. The van der Waals surface area contributed by atoms with Gasteiger partial charge in [-0.25, -0.2) is 0 Å². The van der Waals surface area contributed by atoms with E-state index in [1.807, 2.05) is 0 Å². The third kappa shape index (κ3) is 3.03. The molecule has 22 heavy (non-hydrogen) atoms. The molecule has 6 nitrogen and oxygen atoms in total. The van der Waals surface area contributed by atoms with Crippen molar-refractivity contribution >= 4 is 11.6 Å². The molecule has 1 atom stereocenters. The van der Waals surface area contributed by atoms with Gasteiger partial charge in [-0.15, -0.1) is 0 Å². The molecule has 0 bridgehead atoms. The van der Waals surface area contributed by atoms with Gasteiger partial charge in [0.05, 0.1) is 22.8 Å². The first-order valence-corrected chi connectivity index (χ1v) is 6.88. The number of allylic oxidation sites excluding steroid dienone is 1. The summed E-state index contributed by atoms with van der Waals surface area (Å²) in [6.07, 6.45) is 0.0475. The fraction of sp³-hybridized carbons (Fsp3) is 0.375. The van der Waals surface area contributed by atoms with Crippen LogP contribution >= 0.6 is 0 Å². The standard InChI is InChI=1S/C16H18O6/c1-16(2,22)6-5-9(17)8-7-12(20)13-10(18)3-4-11(19)14(13)15(8)21/h3-4,7,9,17-19,22H,5-6H2,1-2H3. The topological polar surface area (TPSA) is 115 Å². The summed E-state index contributed by atoms with van der Waals surface area (Å²) in [5, 5.41) is 39.3. The summed E-state index contributed by atoms with van der Waals surface area (Å²) in [5.74, 6) is -2.18. The van der Waals surface area contributed by atoms with Crippen molar-refractivity contribution in [3.05, 3.63) is 34.9 Å². The van der Waals surface area contributed by atoms with Crippen LogP contribution in [0.2, 0.25) is 0 Å². The number of aliphatic hydroxyl groups excluding tert-OH is 1. The molecule has 2 rings (SSSR count). The number of aromatic hydroxyl groups is 2. The Kier molecular flexibility index (Phi) is 4.08. The second-order valence-corrected chi connectivity index (χ2v) is 6.01. The molecule has 1 aromatic rings. The van der Waals surface area contributed by atoms with Gasteiger partial charge >= 0.3 is 0 Å². The van der Waals surface area contributed by atoms with Gasteiger partial charge in [-0.1, -0.05) is 0 Å². The molecule has 1 unspecified atom stereocenters. The Labute approximate surface area is 127 Å². The number of phenolic OH excluding ortho intramolecular Hbond substituents is 2. The summed E-state index contributed by atoms with van der Waals surface area (Å²) < 4.78 is 0. The fourth-order valence-electron chi connectivity index (χ4n) is 2.38. The fourth-order valence-corrected chi connectivity index (χ4v) is 2.38. The van der Waals surface area contributed by atoms with Crippen molar-refractivity contribution in [3.8, 4) is 11.5 Å². The van der Waals surface area contributed by atoms with Crippen LogP contribution in [0, 0.1) is 0 Å². The van der Waals surface area contributed by atoms with E-state index in [9.17, 15) is 30.0 Å². The first kappa shape index (κ1) is 16.2. The number of hydrogen-bond acceptors (Lipinski definition) is 6. The molecule has 4 N–H and O–H groups in total. The highest BCUT2D eigenvalue weighted by molar-refractivity contribution is 6.26. The third-order valence-electron chi connectivity index (χ3n) is 3.57. The van der Waals surface area contributed by atoms with Gasteiger partial charge in [0.15, 0.2) is 11.6 Å². The summed E-state index contributed by atoms with van der Waals surface area (Å²) in [4.78, 5) is 24.4. The Bertz CT molecular complexity index is 666. The number of aliphatic hydroxyl groups is 2. The number of carbonyl (C=O) groups is 2. The normalized spacial score (nSPS) is 16.3. The number of benzene rings is 1. The zero-order chi connectivity index (χ0) is 16.7. The maximum atomic E-state index is 12.4. The number of rotatable bonds is 4. The largest absolute Gasteiger partial charge is 0.507 e. The summed E-state index contributed by atoms with van der Waals surface area (Å²) in [6, 6.07) is 2.24. The van der Waals surface area contributed by atoms with Crippen LogP contribution in [0.25, 0.3) is 0 Å². The molecule has 0 saturated heterocycles. The molecular formula is C16H18O6. The van der Waals surface area contributed by atoms with Gasteiger partial charge in [0.25, 0.3) is 0 Å². The molecule has 0 radical (unpaired) electrons. The first-order chi connectivity index (χ1) is 10.1. The van der Waals surface area contributed by atoms with Crippen LogP contribution < -0.4 is 0 Å². The van der Waals surface area contributed by atoms with Crippen LogP contribution in [0.4, 0.5) is 0 Å². The highest BCUT2D eigenvalue weighted by Gasteiger charge is 2.34. The molecule has 0 heterocycles. The maximum absolute atomic E-state index is 12.4. The minimum atomic E-state index is -1.24. The van der Waals surface area contributed by atoms with E-state index in [4.69, 9.17) is 0 Å². The van der Waals surface area contributed by atoms with Crippen molar-refractivity contribution in [2.24, 2.45) is 0 Å². The van der Waals surface area contributed by atoms with E-state index >= 15 is 0 Å². The highest BCUT2D eigenvalue weighted by atomic mass is 16.3. The van der Waals surface area contributed by atoms with E-state index in [-0.39, 0.29) is 29.5 Å². The van der Waals surface area contributed by atoms with E-state index in [2.05, 4.69) is 0 Å². The zero-order valence-electron chi connectivity index (χ0n) is 12.3. The number of fused-ring (bicyclic) bond motifs is 1.